The van der Waals surface area contributed by atoms with Gasteiger partial charge in [-0.15, -0.1) is 0 Å². The number of halogens is 1. The van der Waals surface area contributed by atoms with Gasteiger partial charge in [0.2, 0.25) is 0 Å². The highest BCUT2D eigenvalue weighted by Crippen LogP contribution is 2.17. The number of unbranched alkanes of at least 4 members (excludes halogenated alkanes) is 7. The summed E-state index contributed by atoms with van der Waals surface area (Å²) in [6.45, 7) is 3.97. The molecule has 21 heavy (non-hydrogen) atoms. The Morgan fingerprint density at radius 3 is 2.29 bits per heavy atom. The zero-order chi connectivity index (χ0) is 15.3. The van der Waals surface area contributed by atoms with E-state index in [0.29, 0.717) is 5.75 Å². The van der Waals surface area contributed by atoms with E-state index >= 15 is 0 Å². The van der Waals surface area contributed by atoms with E-state index in [1.165, 1.54) is 58.5 Å². The van der Waals surface area contributed by atoms with Crippen LogP contribution in [0.25, 0.3) is 0 Å². The second kappa shape index (κ2) is 11.6. The number of hydrogen-bond donors (Lipinski definition) is 1. The van der Waals surface area contributed by atoms with E-state index in [9.17, 15) is 4.39 Å². The molecule has 1 rings (SSSR count). The maximum atomic E-state index is 13.5. The molecule has 2 nitrogen and oxygen atoms in total. The maximum absolute atomic E-state index is 13.5. The van der Waals surface area contributed by atoms with Gasteiger partial charge in [-0.3, -0.25) is 0 Å². The Kier molecular flexibility index (Phi) is 9.88. The third kappa shape index (κ3) is 8.05. The summed E-state index contributed by atoms with van der Waals surface area (Å²) in [5.41, 5.74) is 0.966. The van der Waals surface area contributed by atoms with Crippen LogP contribution in [0.15, 0.2) is 18.2 Å². The minimum Gasteiger partial charge on any atom is -0.494 e. The highest BCUT2D eigenvalue weighted by Gasteiger charge is 2.02. The van der Waals surface area contributed by atoms with Crippen LogP contribution in [0.5, 0.6) is 5.75 Å². The molecule has 1 aromatic carbocycles. The van der Waals surface area contributed by atoms with Crippen molar-refractivity contribution < 1.29 is 9.13 Å². The quantitative estimate of drug-likeness (QED) is 0.544. The molecule has 0 atom stereocenters. The molecule has 1 aromatic rings. The van der Waals surface area contributed by atoms with Crippen molar-refractivity contribution in [3.63, 3.8) is 0 Å². The first-order valence-electron chi connectivity index (χ1n) is 8.31. The second-order valence-electron chi connectivity index (χ2n) is 5.62. The average molecular weight is 295 g/mol. The van der Waals surface area contributed by atoms with Gasteiger partial charge in [0.25, 0.3) is 0 Å². The van der Waals surface area contributed by atoms with E-state index in [1.807, 2.05) is 6.07 Å². The molecule has 0 aliphatic carbocycles. The first-order chi connectivity index (χ1) is 10.3. The van der Waals surface area contributed by atoms with E-state index in [-0.39, 0.29) is 5.82 Å². The topological polar surface area (TPSA) is 21.3 Å². The van der Waals surface area contributed by atoms with Crippen molar-refractivity contribution in [3.05, 3.63) is 29.6 Å². The lowest BCUT2D eigenvalue weighted by Gasteiger charge is -2.07. The molecular weight excluding hydrogens is 265 g/mol. The molecule has 0 aliphatic rings. The van der Waals surface area contributed by atoms with Crippen LogP contribution in [-0.2, 0) is 6.54 Å². The first kappa shape index (κ1) is 18.0. The smallest absolute Gasteiger partial charge is 0.165 e. The summed E-state index contributed by atoms with van der Waals surface area (Å²) in [7, 11) is 1.48. The van der Waals surface area contributed by atoms with Gasteiger partial charge in [-0.05, 0) is 30.7 Å². The molecule has 0 fully saturated rings. The highest BCUT2D eigenvalue weighted by atomic mass is 19.1. The third-order valence-electron chi connectivity index (χ3n) is 3.75. The third-order valence-corrected chi connectivity index (χ3v) is 3.75. The maximum Gasteiger partial charge on any atom is 0.165 e. The van der Waals surface area contributed by atoms with E-state index in [4.69, 9.17) is 4.74 Å². The van der Waals surface area contributed by atoms with Gasteiger partial charge in [0.1, 0.15) is 0 Å². The fraction of sp³-hybridized carbons (Fsp3) is 0.667. The number of methoxy groups -OCH3 is 1. The summed E-state index contributed by atoms with van der Waals surface area (Å²) in [5, 5.41) is 3.37. The molecule has 0 aromatic heterocycles. The Bertz CT molecular complexity index is 381. The Balaban J connectivity index is 2.00. The molecule has 0 radical (unpaired) electrons. The van der Waals surface area contributed by atoms with Crippen molar-refractivity contribution in [1.82, 2.24) is 5.32 Å². The number of rotatable bonds is 12. The largest absolute Gasteiger partial charge is 0.494 e. The van der Waals surface area contributed by atoms with Crippen LogP contribution in [0.4, 0.5) is 4.39 Å². The van der Waals surface area contributed by atoms with Crippen LogP contribution >= 0.6 is 0 Å². The predicted octanol–water partition coefficient (Wildman–Crippen LogP) is 5.06. The molecule has 0 bridgehead atoms. The minimum absolute atomic E-state index is 0.288. The van der Waals surface area contributed by atoms with Gasteiger partial charge in [0.05, 0.1) is 7.11 Å². The zero-order valence-corrected chi connectivity index (χ0v) is 13.6. The van der Waals surface area contributed by atoms with Gasteiger partial charge >= 0.3 is 0 Å². The summed E-state index contributed by atoms with van der Waals surface area (Å²) in [6.07, 6.45) is 10.6. The normalized spacial score (nSPS) is 10.8. The number of benzene rings is 1. The van der Waals surface area contributed by atoms with Gasteiger partial charge in [0, 0.05) is 6.54 Å². The number of ether oxygens (including phenoxy) is 1. The lowest BCUT2D eigenvalue weighted by molar-refractivity contribution is 0.386. The van der Waals surface area contributed by atoms with E-state index in [2.05, 4.69) is 12.2 Å². The van der Waals surface area contributed by atoms with Crippen molar-refractivity contribution in [2.75, 3.05) is 13.7 Å². The van der Waals surface area contributed by atoms with Crippen LogP contribution < -0.4 is 10.1 Å². The van der Waals surface area contributed by atoms with Crippen molar-refractivity contribution >= 4 is 0 Å². The molecule has 0 amide bonds. The fourth-order valence-electron chi connectivity index (χ4n) is 2.44. The van der Waals surface area contributed by atoms with Crippen LogP contribution in [0.1, 0.15) is 63.9 Å². The summed E-state index contributed by atoms with van der Waals surface area (Å²) >= 11 is 0. The highest BCUT2D eigenvalue weighted by molar-refractivity contribution is 5.29. The van der Waals surface area contributed by atoms with E-state index < -0.39 is 0 Å². The van der Waals surface area contributed by atoms with Crippen molar-refractivity contribution in [1.29, 1.82) is 0 Å². The molecule has 0 aliphatic heterocycles. The fourth-order valence-corrected chi connectivity index (χ4v) is 2.44. The van der Waals surface area contributed by atoms with E-state index in [0.717, 1.165) is 18.7 Å². The van der Waals surface area contributed by atoms with Gasteiger partial charge in [-0.2, -0.15) is 0 Å². The predicted molar refractivity (Wildman–Crippen MR) is 87.3 cm³/mol. The molecule has 0 unspecified atom stereocenters. The first-order valence-corrected chi connectivity index (χ1v) is 8.31. The Labute approximate surface area is 129 Å². The monoisotopic (exact) mass is 295 g/mol. The van der Waals surface area contributed by atoms with Crippen LogP contribution in [0.2, 0.25) is 0 Å². The van der Waals surface area contributed by atoms with Gasteiger partial charge < -0.3 is 10.1 Å². The lowest BCUT2D eigenvalue weighted by Crippen LogP contribution is -2.14. The Morgan fingerprint density at radius 2 is 1.67 bits per heavy atom. The molecule has 0 saturated heterocycles. The molecule has 0 saturated carbocycles. The summed E-state index contributed by atoms with van der Waals surface area (Å²) < 4.78 is 18.4. The lowest BCUT2D eigenvalue weighted by atomic mass is 10.1. The molecular formula is C18H30FNO. The van der Waals surface area contributed by atoms with Crippen molar-refractivity contribution in [2.45, 2.75) is 64.8 Å². The van der Waals surface area contributed by atoms with Crippen LogP contribution in [0, 0.1) is 5.82 Å². The van der Waals surface area contributed by atoms with Gasteiger partial charge in [-0.25, -0.2) is 4.39 Å². The molecule has 0 heterocycles. The van der Waals surface area contributed by atoms with E-state index in [1.54, 1.807) is 12.1 Å². The SMILES string of the molecule is CCCCCCCCCCNCc1ccc(OC)c(F)c1. The number of nitrogens with one attached hydrogen (secondary N) is 1. The standard InChI is InChI=1S/C18H30FNO/c1-3-4-5-6-7-8-9-10-13-20-15-16-11-12-18(21-2)17(19)14-16/h11-12,14,20H,3-10,13,15H2,1-2H3. The van der Waals surface area contributed by atoms with Crippen LogP contribution in [-0.4, -0.2) is 13.7 Å². The molecule has 1 N–H and O–H groups in total. The van der Waals surface area contributed by atoms with Gasteiger partial charge in [-0.1, -0.05) is 57.9 Å². The Hall–Kier alpha value is -1.09. The zero-order valence-electron chi connectivity index (χ0n) is 13.6. The summed E-state index contributed by atoms with van der Waals surface area (Å²) in [6, 6.07) is 5.13. The minimum atomic E-state index is -0.288. The number of hydrogen-bond acceptors (Lipinski definition) is 2. The van der Waals surface area contributed by atoms with Gasteiger partial charge in [0.15, 0.2) is 11.6 Å². The average Bonchev–Trinajstić information content (AvgIpc) is 2.49. The summed E-state index contributed by atoms with van der Waals surface area (Å²) in [4.78, 5) is 0. The molecule has 120 valence electrons. The summed E-state index contributed by atoms with van der Waals surface area (Å²) in [5.74, 6) is 0.0192. The molecule has 3 heteroatoms. The van der Waals surface area contributed by atoms with Crippen molar-refractivity contribution in [2.24, 2.45) is 0 Å². The molecule has 0 spiro atoms. The van der Waals surface area contributed by atoms with Crippen molar-refractivity contribution in [3.8, 4) is 5.75 Å². The van der Waals surface area contributed by atoms with Crippen LogP contribution in [0.3, 0.4) is 0 Å². The second-order valence-corrected chi connectivity index (χ2v) is 5.62. The Morgan fingerprint density at radius 1 is 1.00 bits per heavy atom.